The van der Waals surface area contributed by atoms with Gasteiger partial charge in [0, 0.05) is 25.1 Å². The number of amides is 2. The summed E-state index contributed by atoms with van der Waals surface area (Å²) in [6.45, 7) is 0.602. The number of sulfonamides is 1. The van der Waals surface area contributed by atoms with E-state index in [0.717, 1.165) is 29.4 Å². The van der Waals surface area contributed by atoms with Crippen molar-refractivity contribution in [2.24, 2.45) is 0 Å². The van der Waals surface area contributed by atoms with Gasteiger partial charge >= 0.3 is 6.18 Å². The van der Waals surface area contributed by atoms with Crippen molar-refractivity contribution in [1.82, 2.24) is 10.2 Å². The van der Waals surface area contributed by atoms with Gasteiger partial charge < -0.3 is 10.2 Å². The van der Waals surface area contributed by atoms with E-state index in [4.69, 9.17) is 0 Å². The number of likely N-dealkylation sites (N-methyl/N-ethyl adjacent to an activating group) is 1. The zero-order valence-corrected chi connectivity index (χ0v) is 22.7. The summed E-state index contributed by atoms with van der Waals surface area (Å²) in [5.74, 6) is -2.10. The maximum absolute atomic E-state index is 14.7. The molecule has 214 valence electrons. The number of carbonyl (C=O) groups excluding carboxylic acids is 2. The topological polar surface area (TPSA) is 86.8 Å². The summed E-state index contributed by atoms with van der Waals surface area (Å²) < 4.78 is 80.7. The first-order valence-electron chi connectivity index (χ1n) is 12.3. The number of rotatable bonds is 11. The van der Waals surface area contributed by atoms with Gasteiger partial charge in [-0.3, -0.25) is 13.9 Å². The van der Waals surface area contributed by atoms with E-state index < -0.39 is 52.0 Å². The number of alkyl halides is 3. The zero-order valence-electron chi connectivity index (χ0n) is 21.9. The molecule has 2 amide bonds. The first-order valence-corrected chi connectivity index (χ1v) is 14.2. The summed E-state index contributed by atoms with van der Waals surface area (Å²) in [4.78, 5) is 28.1. The Kier molecular flexibility index (Phi) is 9.91. The van der Waals surface area contributed by atoms with E-state index in [1.807, 2.05) is 0 Å². The van der Waals surface area contributed by atoms with E-state index in [-0.39, 0.29) is 30.8 Å². The van der Waals surface area contributed by atoms with Crippen LogP contribution in [0, 0.1) is 5.82 Å². The fourth-order valence-corrected chi connectivity index (χ4v) is 4.95. The third kappa shape index (κ3) is 8.04. The number of anilines is 1. The lowest BCUT2D eigenvalue weighted by Gasteiger charge is -2.33. The summed E-state index contributed by atoms with van der Waals surface area (Å²) in [7, 11) is -4.26. The lowest BCUT2D eigenvalue weighted by molar-refractivity contribution is -0.140. The number of hydrogen-bond acceptors (Lipinski definition) is 4. The molecule has 0 unspecified atom stereocenters. The summed E-state index contributed by atoms with van der Waals surface area (Å²) >= 11 is 0. The largest absolute Gasteiger partial charge is 0.416 e. The van der Waals surface area contributed by atoms with Crippen molar-refractivity contribution >= 4 is 27.5 Å². The molecule has 0 aromatic heterocycles. The molecule has 12 heteroatoms. The van der Waals surface area contributed by atoms with Crippen molar-refractivity contribution in [2.75, 3.05) is 23.7 Å². The molecule has 0 fully saturated rings. The van der Waals surface area contributed by atoms with Crippen LogP contribution in [0.15, 0.2) is 78.9 Å². The highest BCUT2D eigenvalue weighted by Gasteiger charge is 2.35. The van der Waals surface area contributed by atoms with Gasteiger partial charge in [-0.2, -0.15) is 13.2 Å². The Labute approximate surface area is 230 Å². The molecule has 0 bridgehead atoms. The molecule has 3 aromatic rings. The maximum atomic E-state index is 14.7. The van der Waals surface area contributed by atoms with Crippen LogP contribution in [0.3, 0.4) is 0 Å². The third-order valence-corrected chi connectivity index (χ3v) is 7.20. The SMILES string of the molecule is CCNC(=O)[C@H](Cc1ccccc1)N(Cc1ccccc1F)C(=O)CN(c1cccc(C(F)(F)F)c1)S(C)(=O)=O. The van der Waals surface area contributed by atoms with E-state index in [2.05, 4.69) is 5.32 Å². The average molecular weight is 580 g/mol. The standard InChI is InChI=1S/C28H29F4N3O4S/c1-3-33-27(37)25(16-20-10-5-4-6-11-20)34(18-21-12-7-8-15-24(21)29)26(36)19-35(40(2,38)39)23-14-9-13-22(17-23)28(30,31)32/h4-15,17,25H,3,16,18-19H2,1-2H3,(H,33,37)/t25-/m0/s1. The second-order valence-electron chi connectivity index (χ2n) is 9.03. The van der Waals surface area contributed by atoms with Gasteiger partial charge in [-0.15, -0.1) is 0 Å². The molecule has 1 N–H and O–H groups in total. The monoisotopic (exact) mass is 579 g/mol. The quantitative estimate of drug-likeness (QED) is 0.342. The summed E-state index contributed by atoms with van der Waals surface area (Å²) in [5, 5.41) is 2.66. The summed E-state index contributed by atoms with van der Waals surface area (Å²) in [5.41, 5.74) is -0.723. The normalized spacial score (nSPS) is 12.4. The number of carbonyl (C=O) groups is 2. The Morgan fingerprint density at radius 2 is 1.60 bits per heavy atom. The van der Waals surface area contributed by atoms with Gasteiger partial charge in [0.1, 0.15) is 18.4 Å². The van der Waals surface area contributed by atoms with E-state index >= 15 is 0 Å². The third-order valence-electron chi connectivity index (χ3n) is 6.06. The molecule has 3 aromatic carbocycles. The molecule has 0 saturated carbocycles. The number of hydrogen-bond donors (Lipinski definition) is 1. The van der Waals surface area contributed by atoms with Crippen LogP contribution in [0.2, 0.25) is 0 Å². The van der Waals surface area contributed by atoms with E-state index in [1.54, 1.807) is 43.3 Å². The molecule has 7 nitrogen and oxygen atoms in total. The predicted octanol–water partition coefficient (Wildman–Crippen LogP) is 4.39. The highest BCUT2D eigenvalue weighted by atomic mass is 32.2. The Balaban J connectivity index is 2.07. The van der Waals surface area contributed by atoms with Crippen LogP contribution in [0.25, 0.3) is 0 Å². The van der Waals surface area contributed by atoms with Crippen LogP contribution in [-0.2, 0) is 38.8 Å². The summed E-state index contributed by atoms with van der Waals surface area (Å²) in [6, 6.07) is 16.7. The average Bonchev–Trinajstić information content (AvgIpc) is 2.89. The minimum atomic E-state index is -4.75. The van der Waals surface area contributed by atoms with Gasteiger partial charge in [-0.25, -0.2) is 12.8 Å². The van der Waals surface area contributed by atoms with Gasteiger partial charge in [0.05, 0.1) is 17.5 Å². The second kappa shape index (κ2) is 12.9. The number of nitrogens with one attached hydrogen (secondary N) is 1. The van der Waals surface area contributed by atoms with Crippen molar-refractivity contribution in [2.45, 2.75) is 32.1 Å². The molecule has 0 aliphatic carbocycles. The molecule has 0 aliphatic rings. The summed E-state index contributed by atoms with van der Waals surface area (Å²) in [6.07, 6.45) is -3.97. The smallest absolute Gasteiger partial charge is 0.355 e. The maximum Gasteiger partial charge on any atom is 0.416 e. The van der Waals surface area contributed by atoms with Crippen LogP contribution < -0.4 is 9.62 Å². The highest BCUT2D eigenvalue weighted by molar-refractivity contribution is 7.92. The number of halogens is 4. The minimum Gasteiger partial charge on any atom is -0.355 e. The molecule has 0 saturated heterocycles. The van der Waals surface area contributed by atoms with Crippen LogP contribution in [0.1, 0.15) is 23.6 Å². The first-order chi connectivity index (χ1) is 18.8. The van der Waals surface area contributed by atoms with Gasteiger partial charge in [-0.05, 0) is 36.8 Å². The van der Waals surface area contributed by atoms with Crippen LogP contribution in [-0.4, -0.2) is 50.5 Å². The lowest BCUT2D eigenvalue weighted by Crippen LogP contribution is -2.53. The Bertz CT molecular complexity index is 1430. The fourth-order valence-electron chi connectivity index (χ4n) is 4.11. The molecular weight excluding hydrogens is 550 g/mol. The van der Waals surface area contributed by atoms with Crippen molar-refractivity contribution in [1.29, 1.82) is 0 Å². The lowest BCUT2D eigenvalue weighted by atomic mass is 10.0. The molecule has 1 atom stereocenters. The highest BCUT2D eigenvalue weighted by Crippen LogP contribution is 2.32. The van der Waals surface area contributed by atoms with Crippen LogP contribution in [0.5, 0.6) is 0 Å². The van der Waals surface area contributed by atoms with E-state index in [9.17, 15) is 35.6 Å². The predicted molar refractivity (Wildman–Crippen MR) is 143 cm³/mol. The fraction of sp³-hybridized carbons (Fsp3) is 0.286. The molecular formula is C28H29F4N3O4S. The molecule has 40 heavy (non-hydrogen) atoms. The molecule has 3 rings (SSSR count). The van der Waals surface area contributed by atoms with Gasteiger partial charge in [0.15, 0.2) is 0 Å². The van der Waals surface area contributed by atoms with Crippen molar-refractivity contribution in [3.05, 3.63) is 101 Å². The van der Waals surface area contributed by atoms with Gasteiger partial charge in [0.2, 0.25) is 21.8 Å². The van der Waals surface area contributed by atoms with E-state index in [0.29, 0.717) is 15.9 Å². The zero-order chi connectivity index (χ0) is 29.5. The molecule has 0 spiro atoms. The van der Waals surface area contributed by atoms with Crippen molar-refractivity contribution in [3.8, 4) is 0 Å². The van der Waals surface area contributed by atoms with Crippen molar-refractivity contribution in [3.63, 3.8) is 0 Å². The van der Waals surface area contributed by atoms with Gasteiger partial charge in [0.25, 0.3) is 0 Å². The first kappa shape index (κ1) is 30.6. The molecule has 0 heterocycles. The Morgan fingerprint density at radius 1 is 0.950 bits per heavy atom. The number of nitrogens with zero attached hydrogens (tertiary/aromatic N) is 2. The number of benzene rings is 3. The Morgan fingerprint density at radius 3 is 2.20 bits per heavy atom. The minimum absolute atomic E-state index is 0.0231. The second-order valence-corrected chi connectivity index (χ2v) is 10.9. The Hall–Kier alpha value is -3.93. The van der Waals surface area contributed by atoms with Crippen LogP contribution >= 0.6 is 0 Å². The molecule has 0 aliphatic heterocycles. The van der Waals surface area contributed by atoms with E-state index in [1.165, 1.54) is 18.2 Å². The van der Waals surface area contributed by atoms with Crippen LogP contribution in [0.4, 0.5) is 23.2 Å². The molecule has 0 radical (unpaired) electrons. The van der Waals surface area contributed by atoms with Gasteiger partial charge in [-0.1, -0.05) is 54.6 Å². The van der Waals surface area contributed by atoms with Crippen molar-refractivity contribution < 1.29 is 35.6 Å².